The number of carbonyl (C=O) groups is 1. The molecule has 1 aliphatic heterocycles. The Morgan fingerprint density at radius 2 is 2.29 bits per heavy atom. The number of ether oxygens (including phenoxy) is 1. The highest BCUT2D eigenvalue weighted by Gasteiger charge is 2.18. The van der Waals surface area contributed by atoms with Crippen LogP contribution in [0.3, 0.4) is 0 Å². The predicted octanol–water partition coefficient (Wildman–Crippen LogP) is 2.17. The van der Waals surface area contributed by atoms with Gasteiger partial charge in [0.1, 0.15) is 17.6 Å². The van der Waals surface area contributed by atoms with Gasteiger partial charge in [-0.1, -0.05) is 17.3 Å². The summed E-state index contributed by atoms with van der Waals surface area (Å²) in [5.74, 6) is 1.46. The summed E-state index contributed by atoms with van der Waals surface area (Å²) in [5.41, 5.74) is 3.07. The molecule has 0 aliphatic carbocycles. The fourth-order valence-electron chi connectivity index (χ4n) is 2.51. The average molecular weight is 286 g/mol. The number of amides is 1. The van der Waals surface area contributed by atoms with Crippen molar-refractivity contribution in [1.82, 2.24) is 10.5 Å². The van der Waals surface area contributed by atoms with E-state index in [1.54, 1.807) is 6.07 Å². The zero-order chi connectivity index (χ0) is 14.8. The molecule has 1 aliphatic rings. The Morgan fingerprint density at radius 1 is 1.43 bits per heavy atom. The van der Waals surface area contributed by atoms with Crippen LogP contribution in [0.25, 0.3) is 0 Å². The van der Waals surface area contributed by atoms with Gasteiger partial charge in [0.15, 0.2) is 0 Å². The van der Waals surface area contributed by atoms with Crippen LogP contribution in [-0.2, 0) is 24.2 Å². The van der Waals surface area contributed by atoms with E-state index in [0.29, 0.717) is 12.3 Å². The zero-order valence-electron chi connectivity index (χ0n) is 12.2. The Kier molecular flexibility index (Phi) is 3.64. The number of fused-ring (bicyclic) bond motifs is 1. The first-order valence-electron chi connectivity index (χ1n) is 7.07. The van der Waals surface area contributed by atoms with Crippen LogP contribution >= 0.6 is 0 Å². The molecule has 1 amide bonds. The lowest BCUT2D eigenvalue weighted by molar-refractivity contribution is -0.120. The first kappa shape index (κ1) is 13.7. The van der Waals surface area contributed by atoms with Crippen LogP contribution in [0.2, 0.25) is 0 Å². The molecule has 0 bridgehead atoms. The van der Waals surface area contributed by atoms with Gasteiger partial charge in [-0.25, -0.2) is 0 Å². The number of rotatable bonds is 4. The van der Waals surface area contributed by atoms with Crippen molar-refractivity contribution in [2.24, 2.45) is 0 Å². The van der Waals surface area contributed by atoms with Gasteiger partial charge >= 0.3 is 0 Å². The number of nitrogens with one attached hydrogen (secondary N) is 1. The lowest BCUT2D eigenvalue weighted by Gasteiger charge is -2.06. The summed E-state index contributed by atoms with van der Waals surface area (Å²) in [6.45, 7) is 4.40. The van der Waals surface area contributed by atoms with Crippen molar-refractivity contribution in [2.75, 3.05) is 0 Å². The third-order valence-electron chi connectivity index (χ3n) is 3.46. The van der Waals surface area contributed by atoms with E-state index in [9.17, 15) is 4.79 Å². The van der Waals surface area contributed by atoms with Crippen LogP contribution in [0.5, 0.6) is 5.75 Å². The molecule has 21 heavy (non-hydrogen) atoms. The highest BCUT2D eigenvalue weighted by Crippen LogP contribution is 2.29. The van der Waals surface area contributed by atoms with Crippen LogP contribution in [0.15, 0.2) is 28.8 Å². The second-order valence-electron chi connectivity index (χ2n) is 5.46. The first-order valence-corrected chi connectivity index (χ1v) is 7.07. The SMILES string of the molecule is Cc1cc(CC(=O)NCc2ccc3c(c2)C[C@@H](C)O3)on1. The molecule has 110 valence electrons. The van der Waals surface area contributed by atoms with E-state index in [4.69, 9.17) is 9.26 Å². The average Bonchev–Trinajstić information content (AvgIpc) is 3.00. The van der Waals surface area contributed by atoms with Crippen molar-refractivity contribution in [3.8, 4) is 5.75 Å². The topological polar surface area (TPSA) is 64.4 Å². The maximum atomic E-state index is 11.9. The Morgan fingerprint density at radius 3 is 3.05 bits per heavy atom. The molecule has 0 saturated heterocycles. The number of hydrogen-bond donors (Lipinski definition) is 1. The summed E-state index contributed by atoms with van der Waals surface area (Å²) < 4.78 is 10.7. The number of benzene rings is 1. The van der Waals surface area contributed by atoms with E-state index in [0.717, 1.165) is 23.4 Å². The second-order valence-corrected chi connectivity index (χ2v) is 5.46. The molecule has 5 heteroatoms. The Bertz CT molecular complexity index is 663. The van der Waals surface area contributed by atoms with Gasteiger partial charge in [0.2, 0.25) is 5.91 Å². The van der Waals surface area contributed by atoms with E-state index in [2.05, 4.69) is 23.5 Å². The molecule has 1 aromatic carbocycles. The maximum Gasteiger partial charge on any atom is 0.227 e. The van der Waals surface area contributed by atoms with Crippen molar-refractivity contribution in [3.05, 3.63) is 46.8 Å². The summed E-state index contributed by atoms with van der Waals surface area (Å²) in [4.78, 5) is 11.9. The van der Waals surface area contributed by atoms with E-state index in [1.165, 1.54) is 5.56 Å². The van der Waals surface area contributed by atoms with E-state index >= 15 is 0 Å². The lowest BCUT2D eigenvalue weighted by Crippen LogP contribution is -2.24. The fourth-order valence-corrected chi connectivity index (χ4v) is 2.51. The third kappa shape index (κ3) is 3.24. The maximum absolute atomic E-state index is 11.9. The molecule has 3 rings (SSSR count). The molecule has 2 aromatic rings. The largest absolute Gasteiger partial charge is 0.490 e. The predicted molar refractivity (Wildman–Crippen MR) is 77.0 cm³/mol. The lowest BCUT2D eigenvalue weighted by atomic mass is 10.1. The van der Waals surface area contributed by atoms with Crippen molar-refractivity contribution in [3.63, 3.8) is 0 Å². The van der Waals surface area contributed by atoms with Gasteiger partial charge in [-0.15, -0.1) is 0 Å². The molecule has 0 radical (unpaired) electrons. The normalized spacial score (nSPS) is 16.4. The molecule has 2 heterocycles. The Hall–Kier alpha value is -2.30. The molecule has 5 nitrogen and oxygen atoms in total. The minimum absolute atomic E-state index is 0.0729. The third-order valence-corrected chi connectivity index (χ3v) is 3.46. The van der Waals surface area contributed by atoms with E-state index in [-0.39, 0.29) is 18.4 Å². The first-order chi connectivity index (χ1) is 10.1. The number of aromatic nitrogens is 1. The molecule has 1 N–H and O–H groups in total. The molecule has 0 fully saturated rings. The minimum Gasteiger partial charge on any atom is -0.490 e. The number of aryl methyl sites for hydroxylation is 1. The molecule has 1 atom stereocenters. The molecule has 0 spiro atoms. The second kappa shape index (κ2) is 5.60. The molecule has 1 aromatic heterocycles. The molecule has 0 unspecified atom stereocenters. The van der Waals surface area contributed by atoms with Gasteiger partial charge in [0, 0.05) is 19.0 Å². The van der Waals surface area contributed by atoms with Crippen LogP contribution in [0.4, 0.5) is 0 Å². The smallest absolute Gasteiger partial charge is 0.227 e. The van der Waals surface area contributed by atoms with Gasteiger partial charge < -0.3 is 14.6 Å². The van der Waals surface area contributed by atoms with Crippen molar-refractivity contribution >= 4 is 5.91 Å². The van der Waals surface area contributed by atoms with Gasteiger partial charge in [-0.05, 0) is 31.0 Å². The van der Waals surface area contributed by atoms with E-state index in [1.807, 2.05) is 19.1 Å². The number of nitrogens with zero attached hydrogens (tertiary/aromatic N) is 1. The molecular weight excluding hydrogens is 268 g/mol. The number of carbonyl (C=O) groups excluding carboxylic acids is 1. The quantitative estimate of drug-likeness (QED) is 0.935. The van der Waals surface area contributed by atoms with E-state index < -0.39 is 0 Å². The monoisotopic (exact) mass is 286 g/mol. The van der Waals surface area contributed by atoms with Gasteiger partial charge in [0.25, 0.3) is 0 Å². The minimum atomic E-state index is -0.0729. The van der Waals surface area contributed by atoms with Crippen LogP contribution in [0, 0.1) is 6.92 Å². The van der Waals surface area contributed by atoms with Crippen molar-refractivity contribution in [1.29, 1.82) is 0 Å². The van der Waals surface area contributed by atoms with Crippen LogP contribution in [0.1, 0.15) is 29.5 Å². The molecule has 0 saturated carbocycles. The van der Waals surface area contributed by atoms with Crippen LogP contribution < -0.4 is 10.1 Å². The highest BCUT2D eigenvalue weighted by molar-refractivity contribution is 5.77. The van der Waals surface area contributed by atoms with Crippen molar-refractivity contribution < 1.29 is 14.1 Å². The van der Waals surface area contributed by atoms with Gasteiger partial charge in [-0.2, -0.15) is 0 Å². The summed E-state index contributed by atoms with van der Waals surface area (Å²) in [6.07, 6.45) is 1.37. The summed E-state index contributed by atoms with van der Waals surface area (Å²) in [7, 11) is 0. The fraction of sp³-hybridized carbons (Fsp3) is 0.375. The van der Waals surface area contributed by atoms with Gasteiger partial charge in [0.05, 0.1) is 12.1 Å². The zero-order valence-corrected chi connectivity index (χ0v) is 12.2. The Balaban J connectivity index is 1.55. The summed E-state index contributed by atoms with van der Waals surface area (Å²) >= 11 is 0. The Labute approximate surface area is 123 Å². The van der Waals surface area contributed by atoms with Gasteiger partial charge in [-0.3, -0.25) is 4.79 Å². The summed E-state index contributed by atoms with van der Waals surface area (Å²) in [5, 5.41) is 6.66. The highest BCUT2D eigenvalue weighted by atomic mass is 16.5. The van der Waals surface area contributed by atoms with Crippen LogP contribution in [-0.4, -0.2) is 17.2 Å². The standard InChI is InChI=1S/C16H18N2O3/c1-10-5-14(21-18-10)8-16(19)17-9-12-3-4-15-13(7-12)6-11(2)20-15/h3-5,7,11H,6,8-9H2,1-2H3,(H,17,19)/t11-/m1/s1. The number of hydrogen-bond acceptors (Lipinski definition) is 4. The molecular formula is C16H18N2O3. The summed E-state index contributed by atoms with van der Waals surface area (Å²) in [6, 6.07) is 7.82. The van der Waals surface area contributed by atoms with Crippen molar-refractivity contribution in [2.45, 2.75) is 39.3 Å².